The van der Waals surface area contributed by atoms with Crippen LogP contribution in [0.15, 0.2) is 24.3 Å². The van der Waals surface area contributed by atoms with Gasteiger partial charge in [0.25, 0.3) is 0 Å². The highest BCUT2D eigenvalue weighted by Gasteiger charge is 2.23. The van der Waals surface area contributed by atoms with Crippen molar-refractivity contribution < 1.29 is 4.79 Å². The van der Waals surface area contributed by atoms with Crippen molar-refractivity contribution in [1.29, 1.82) is 0 Å². The Morgan fingerprint density at radius 1 is 1.31 bits per heavy atom. The average Bonchev–Trinajstić information content (AvgIpc) is 3.02. The van der Waals surface area contributed by atoms with Gasteiger partial charge in [-0.3, -0.25) is 0 Å². The average molecular weight is 218 g/mol. The van der Waals surface area contributed by atoms with Crippen molar-refractivity contribution in [3.63, 3.8) is 0 Å². The third-order valence-corrected chi connectivity index (χ3v) is 2.84. The second kappa shape index (κ2) is 4.56. The first-order valence-electron chi connectivity index (χ1n) is 5.79. The zero-order valence-corrected chi connectivity index (χ0v) is 9.79. The van der Waals surface area contributed by atoms with Crippen LogP contribution in [0.25, 0.3) is 0 Å². The topological polar surface area (TPSA) is 41.1 Å². The summed E-state index contributed by atoms with van der Waals surface area (Å²) in [6, 6.07) is 8.63. The highest BCUT2D eigenvalue weighted by atomic mass is 16.2. The number of urea groups is 1. The van der Waals surface area contributed by atoms with Crippen LogP contribution in [0.1, 0.15) is 36.9 Å². The van der Waals surface area contributed by atoms with Crippen molar-refractivity contribution in [2.45, 2.75) is 38.8 Å². The normalized spacial score (nSPS) is 16.6. The van der Waals surface area contributed by atoms with Crippen LogP contribution in [0, 0.1) is 6.92 Å². The summed E-state index contributed by atoms with van der Waals surface area (Å²) in [7, 11) is 0. The number of nitrogens with one attached hydrogen (secondary N) is 2. The second-order valence-corrected chi connectivity index (χ2v) is 4.52. The van der Waals surface area contributed by atoms with Crippen molar-refractivity contribution in [3.8, 4) is 0 Å². The molecule has 1 fully saturated rings. The van der Waals surface area contributed by atoms with Crippen LogP contribution in [0.4, 0.5) is 4.79 Å². The summed E-state index contributed by atoms with van der Waals surface area (Å²) < 4.78 is 0. The molecule has 2 N–H and O–H groups in total. The summed E-state index contributed by atoms with van der Waals surface area (Å²) in [5.74, 6) is 0. The number of rotatable bonds is 3. The molecule has 0 aliphatic heterocycles. The first-order valence-corrected chi connectivity index (χ1v) is 5.79. The lowest BCUT2D eigenvalue weighted by Crippen LogP contribution is -2.38. The summed E-state index contributed by atoms with van der Waals surface area (Å²) in [5, 5.41) is 5.85. The predicted molar refractivity (Wildman–Crippen MR) is 64.3 cm³/mol. The molecule has 0 saturated heterocycles. The molecule has 1 unspecified atom stereocenters. The number of carbonyl (C=O) groups is 1. The van der Waals surface area contributed by atoms with Crippen LogP contribution in [-0.2, 0) is 0 Å². The van der Waals surface area contributed by atoms with Crippen LogP contribution in [0.2, 0.25) is 0 Å². The van der Waals surface area contributed by atoms with Crippen LogP contribution in [0.3, 0.4) is 0 Å². The first-order chi connectivity index (χ1) is 7.65. The SMILES string of the molecule is Cc1ccc(C(C)NC(=O)NC2CC2)cc1. The minimum atomic E-state index is -0.0597. The second-order valence-electron chi connectivity index (χ2n) is 4.52. The summed E-state index contributed by atoms with van der Waals surface area (Å²) in [4.78, 5) is 11.5. The van der Waals surface area contributed by atoms with Gasteiger partial charge in [-0.25, -0.2) is 4.79 Å². The van der Waals surface area contributed by atoms with Gasteiger partial charge in [0, 0.05) is 6.04 Å². The van der Waals surface area contributed by atoms with E-state index in [0.29, 0.717) is 6.04 Å². The van der Waals surface area contributed by atoms with Gasteiger partial charge in [-0.15, -0.1) is 0 Å². The molecule has 0 aromatic heterocycles. The van der Waals surface area contributed by atoms with Gasteiger partial charge in [-0.1, -0.05) is 29.8 Å². The van der Waals surface area contributed by atoms with Gasteiger partial charge in [0.05, 0.1) is 6.04 Å². The standard InChI is InChI=1S/C13H18N2O/c1-9-3-5-11(6-4-9)10(2)14-13(16)15-12-7-8-12/h3-6,10,12H,7-8H2,1-2H3,(H2,14,15,16). The molecule has 16 heavy (non-hydrogen) atoms. The van der Waals surface area contributed by atoms with Crippen molar-refractivity contribution in [2.75, 3.05) is 0 Å². The molecule has 0 heterocycles. The molecule has 86 valence electrons. The molecule has 1 saturated carbocycles. The third-order valence-electron chi connectivity index (χ3n) is 2.84. The van der Waals surface area contributed by atoms with E-state index in [1.165, 1.54) is 5.56 Å². The van der Waals surface area contributed by atoms with Gasteiger partial charge in [0.1, 0.15) is 0 Å². The zero-order chi connectivity index (χ0) is 11.5. The molecular weight excluding hydrogens is 200 g/mol. The van der Waals surface area contributed by atoms with E-state index in [4.69, 9.17) is 0 Å². The Labute approximate surface area is 96.2 Å². The Bertz CT molecular complexity index is 368. The lowest BCUT2D eigenvalue weighted by Gasteiger charge is -2.15. The van der Waals surface area contributed by atoms with Crippen molar-refractivity contribution >= 4 is 6.03 Å². The molecule has 0 bridgehead atoms. The number of hydrogen-bond acceptors (Lipinski definition) is 1. The Kier molecular flexibility index (Phi) is 3.13. The maximum Gasteiger partial charge on any atom is 0.315 e. The van der Waals surface area contributed by atoms with Gasteiger partial charge in [0.2, 0.25) is 0 Å². The smallest absolute Gasteiger partial charge is 0.315 e. The molecule has 2 rings (SSSR count). The van der Waals surface area contributed by atoms with Crippen LogP contribution >= 0.6 is 0 Å². The number of benzene rings is 1. The first kappa shape index (κ1) is 11.0. The van der Waals surface area contributed by atoms with Crippen LogP contribution in [0.5, 0.6) is 0 Å². The molecular formula is C13H18N2O. The van der Waals surface area contributed by atoms with Crippen molar-refractivity contribution in [1.82, 2.24) is 10.6 Å². The molecule has 2 amide bonds. The lowest BCUT2D eigenvalue weighted by molar-refractivity contribution is 0.237. The van der Waals surface area contributed by atoms with Gasteiger partial charge in [0.15, 0.2) is 0 Å². The molecule has 1 aliphatic carbocycles. The lowest BCUT2D eigenvalue weighted by atomic mass is 10.1. The minimum absolute atomic E-state index is 0.0550. The Morgan fingerprint density at radius 3 is 2.50 bits per heavy atom. The number of aryl methyl sites for hydroxylation is 1. The summed E-state index contributed by atoms with van der Waals surface area (Å²) in [6.45, 7) is 4.05. The quantitative estimate of drug-likeness (QED) is 0.804. The van der Waals surface area contributed by atoms with Crippen molar-refractivity contribution in [3.05, 3.63) is 35.4 Å². The van der Waals surface area contributed by atoms with Gasteiger partial charge >= 0.3 is 6.03 Å². The van der Waals surface area contributed by atoms with E-state index >= 15 is 0 Å². The van der Waals surface area contributed by atoms with E-state index < -0.39 is 0 Å². The summed E-state index contributed by atoms with van der Waals surface area (Å²) in [6.07, 6.45) is 2.23. The largest absolute Gasteiger partial charge is 0.335 e. The van der Waals surface area contributed by atoms with Crippen LogP contribution in [-0.4, -0.2) is 12.1 Å². The zero-order valence-electron chi connectivity index (χ0n) is 9.79. The number of amides is 2. The summed E-state index contributed by atoms with van der Waals surface area (Å²) >= 11 is 0. The van der Waals surface area contributed by atoms with Crippen LogP contribution < -0.4 is 10.6 Å². The van der Waals surface area contributed by atoms with Gasteiger partial charge < -0.3 is 10.6 Å². The molecule has 1 aromatic rings. The van der Waals surface area contributed by atoms with E-state index in [9.17, 15) is 4.79 Å². The fourth-order valence-corrected chi connectivity index (χ4v) is 1.59. The molecule has 1 aliphatic rings. The predicted octanol–water partition coefficient (Wildman–Crippen LogP) is 2.52. The minimum Gasteiger partial charge on any atom is -0.335 e. The van der Waals surface area contributed by atoms with Gasteiger partial charge in [-0.05, 0) is 32.3 Å². The highest BCUT2D eigenvalue weighted by molar-refractivity contribution is 5.75. The summed E-state index contributed by atoms with van der Waals surface area (Å²) in [5.41, 5.74) is 2.37. The van der Waals surface area contributed by atoms with E-state index in [0.717, 1.165) is 18.4 Å². The van der Waals surface area contributed by atoms with Crippen molar-refractivity contribution in [2.24, 2.45) is 0 Å². The van der Waals surface area contributed by atoms with E-state index in [1.807, 2.05) is 6.92 Å². The molecule has 1 aromatic carbocycles. The molecule has 0 radical (unpaired) electrons. The fraction of sp³-hybridized carbons (Fsp3) is 0.462. The Hall–Kier alpha value is -1.51. The fourth-order valence-electron chi connectivity index (χ4n) is 1.59. The van der Waals surface area contributed by atoms with E-state index in [1.54, 1.807) is 0 Å². The Balaban J connectivity index is 1.88. The van der Waals surface area contributed by atoms with E-state index in [2.05, 4.69) is 41.8 Å². The maximum absolute atomic E-state index is 11.5. The number of hydrogen-bond donors (Lipinski definition) is 2. The maximum atomic E-state index is 11.5. The van der Waals surface area contributed by atoms with E-state index in [-0.39, 0.29) is 12.1 Å². The Morgan fingerprint density at radius 2 is 1.94 bits per heavy atom. The molecule has 1 atom stereocenters. The monoisotopic (exact) mass is 218 g/mol. The highest BCUT2D eigenvalue weighted by Crippen LogP contribution is 2.19. The van der Waals surface area contributed by atoms with Gasteiger partial charge in [-0.2, -0.15) is 0 Å². The third kappa shape index (κ3) is 2.99. The molecule has 3 nitrogen and oxygen atoms in total. The molecule has 3 heteroatoms. The molecule has 0 spiro atoms. The number of carbonyl (C=O) groups excluding carboxylic acids is 1.